The second kappa shape index (κ2) is 9.18. The lowest BCUT2D eigenvalue weighted by Gasteiger charge is -2.29. The number of nitrogens with one attached hydrogen (secondary N) is 1. The maximum absolute atomic E-state index is 15.0. The van der Waals surface area contributed by atoms with Crippen LogP contribution >= 0.6 is 11.6 Å². The zero-order valence-electron chi connectivity index (χ0n) is 20.0. The normalized spacial score (nSPS) is 17.8. The Labute approximate surface area is 206 Å². The summed E-state index contributed by atoms with van der Waals surface area (Å²) < 4.78 is 23.9. The first-order valence-corrected chi connectivity index (χ1v) is 11.9. The van der Waals surface area contributed by atoms with E-state index in [9.17, 15) is 5.11 Å². The van der Waals surface area contributed by atoms with Crippen molar-refractivity contribution in [3.05, 3.63) is 52.4 Å². The summed E-state index contributed by atoms with van der Waals surface area (Å²) >= 11 is 6.44. The van der Waals surface area contributed by atoms with Crippen LogP contribution in [0.1, 0.15) is 49.6 Å². The minimum atomic E-state index is -0.804. The molecule has 35 heavy (non-hydrogen) atoms. The molecule has 0 bridgehead atoms. The molecule has 0 saturated carbocycles. The fraction of sp³-hybridized carbons (Fsp3) is 0.417. The van der Waals surface area contributed by atoms with Gasteiger partial charge in [-0.3, -0.25) is 4.68 Å². The van der Waals surface area contributed by atoms with E-state index in [2.05, 4.69) is 25.4 Å². The first kappa shape index (κ1) is 23.7. The lowest BCUT2D eigenvalue weighted by molar-refractivity contribution is 0.120. The monoisotopic (exact) mass is 499 g/mol. The quantitative estimate of drug-likeness (QED) is 0.404. The van der Waals surface area contributed by atoms with Crippen LogP contribution in [0.15, 0.2) is 24.4 Å². The number of hydrogen-bond acceptors (Lipinski definition) is 7. The summed E-state index contributed by atoms with van der Waals surface area (Å²) in [5.41, 5.74) is 3.40. The molecule has 0 unspecified atom stereocenters. The summed E-state index contributed by atoms with van der Waals surface area (Å²) in [6.45, 7) is 6.92. The molecule has 4 aromatic rings. The van der Waals surface area contributed by atoms with Crippen LogP contribution in [0.4, 0.5) is 10.3 Å². The predicted molar refractivity (Wildman–Crippen MR) is 131 cm³/mol. The van der Waals surface area contributed by atoms with Crippen molar-refractivity contribution in [3.8, 4) is 11.3 Å². The maximum atomic E-state index is 15.0. The standard InChI is InChI=1S/C24H27ClFN7O2/c1-12(2)33-13(3)28-22-17(26)7-14(8-19(22)33)21-16(25)10-27-24(30-21)29-18-5-6-32-20(23(18)34)9-15(31-32)11-35-4/h7-10,12,18,23,34H,5-6,11H2,1-4H3,(H,27,29,30)/t18-,23+/m0/s1. The third-order valence-electron chi connectivity index (χ3n) is 6.26. The average Bonchev–Trinajstić information content (AvgIpc) is 3.38. The number of nitrogens with zero attached hydrogens (tertiary/aromatic N) is 6. The highest BCUT2D eigenvalue weighted by molar-refractivity contribution is 6.33. The van der Waals surface area contributed by atoms with Gasteiger partial charge in [-0.05, 0) is 45.4 Å². The van der Waals surface area contributed by atoms with Gasteiger partial charge >= 0.3 is 0 Å². The number of ether oxygens (including phenoxy) is 1. The lowest BCUT2D eigenvalue weighted by Crippen LogP contribution is -2.35. The largest absolute Gasteiger partial charge is 0.385 e. The highest BCUT2D eigenvalue weighted by Gasteiger charge is 2.30. The minimum Gasteiger partial charge on any atom is -0.385 e. The van der Waals surface area contributed by atoms with E-state index >= 15 is 4.39 Å². The number of rotatable bonds is 6. The smallest absolute Gasteiger partial charge is 0.223 e. The van der Waals surface area contributed by atoms with Crippen LogP contribution in [0, 0.1) is 12.7 Å². The van der Waals surface area contributed by atoms with Gasteiger partial charge in [0.25, 0.3) is 0 Å². The number of aromatic nitrogens is 6. The molecule has 5 rings (SSSR count). The molecule has 3 aromatic heterocycles. The fourth-order valence-electron chi connectivity index (χ4n) is 4.76. The Morgan fingerprint density at radius 1 is 1.29 bits per heavy atom. The molecular formula is C24H27ClFN7O2. The number of benzene rings is 1. The Bertz CT molecular complexity index is 1400. The molecule has 4 heterocycles. The van der Waals surface area contributed by atoms with Crippen molar-refractivity contribution in [2.75, 3.05) is 12.4 Å². The molecule has 1 aromatic carbocycles. The van der Waals surface area contributed by atoms with Crippen LogP contribution in [0.3, 0.4) is 0 Å². The van der Waals surface area contributed by atoms with Gasteiger partial charge in [0.1, 0.15) is 17.4 Å². The number of aliphatic hydroxyl groups is 1. The van der Waals surface area contributed by atoms with Crippen molar-refractivity contribution in [2.45, 2.75) is 58.5 Å². The predicted octanol–water partition coefficient (Wildman–Crippen LogP) is 4.44. The molecular weight excluding hydrogens is 473 g/mol. The molecule has 0 aliphatic carbocycles. The molecule has 184 valence electrons. The van der Waals surface area contributed by atoms with E-state index < -0.39 is 11.9 Å². The van der Waals surface area contributed by atoms with Gasteiger partial charge in [0.15, 0.2) is 5.82 Å². The molecule has 0 radical (unpaired) electrons. The summed E-state index contributed by atoms with van der Waals surface area (Å²) in [6, 6.07) is 4.87. The molecule has 0 saturated heterocycles. The van der Waals surface area contributed by atoms with E-state index in [1.807, 2.05) is 37.5 Å². The topological polar surface area (TPSA) is 103 Å². The maximum Gasteiger partial charge on any atom is 0.223 e. The van der Waals surface area contributed by atoms with Crippen LogP contribution in [0.2, 0.25) is 5.02 Å². The SMILES string of the molecule is COCc1cc2n(n1)CC[C@H](Nc1ncc(Cl)c(-c3cc(F)c4nc(C)n(C(C)C)c4c3)n1)[C@H]2O. The van der Waals surface area contributed by atoms with Crippen molar-refractivity contribution in [3.63, 3.8) is 0 Å². The summed E-state index contributed by atoms with van der Waals surface area (Å²) in [7, 11) is 1.61. The van der Waals surface area contributed by atoms with E-state index in [0.717, 1.165) is 11.5 Å². The van der Waals surface area contributed by atoms with Crippen LogP contribution in [-0.2, 0) is 17.9 Å². The number of methoxy groups -OCH3 is 1. The Morgan fingerprint density at radius 2 is 2.09 bits per heavy atom. The molecule has 1 aliphatic heterocycles. The molecule has 11 heteroatoms. The summed E-state index contributed by atoms with van der Waals surface area (Å²) in [5, 5.41) is 18.9. The van der Waals surface area contributed by atoms with Crippen LogP contribution in [0.25, 0.3) is 22.3 Å². The van der Waals surface area contributed by atoms with Crippen molar-refractivity contribution in [1.29, 1.82) is 0 Å². The van der Waals surface area contributed by atoms with E-state index in [1.165, 1.54) is 12.3 Å². The first-order chi connectivity index (χ1) is 16.8. The molecule has 1 aliphatic rings. The molecule has 0 fully saturated rings. The summed E-state index contributed by atoms with van der Waals surface area (Å²) in [4.78, 5) is 13.3. The van der Waals surface area contributed by atoms with Crippen LogP contribution < -0.4 is 5.32 Å². The third-order valence-corrected chi connectivity index (χ3v) is 6.54. The van der Waals surface area contributed by atoms with Crippen molar-refractivity contribution in [1.82, 2.24) is 29.3 Å². The van der Waals surface area contributed by atoms with Gasteiger partial charge in [-0.1, -0.05) is 11.6 Å². The Hall–Kier alpha value is -3.08. The average molecular weight is 500 g/mol. The third kappa shape index (κ3) is 4.26. The number of aliphatic hydroxyl groups excluding tert-OH is 1. The van der Waals surface area contributed by atoms with Crippen molar-refractivity contribution < 1.29 is 14.2 Å². The number of hydrogen-bond donors (Lipinski definition) is 2. The van der Waals surface area contributed by atoms with Crippen molar-refractivity contribution >= 4 is 28.6 Å². The Balaban J connectivity index is 1.47. The number of fused-ring (bicyclic) bond motifs is 2. The second-order valence-corrected chi connectivity index (χ2v) is 9.45. The van der Waals surface area contributed by atoms with Gasteiger partial charge in [0.05, 0.1) is 46.5 Å². The highest BCUT2D eigenvalue weighted by atomic mass is 35.5. The number of anilines is 1. The fourth-order valence-corrected chi connectivity index (χ4v) is 4.96. The molecule has 0 amide bonds. The zero-order chi connectivity index (χ0) is 24.9. The van der Waals surface area contributed by atoms with E-state index in [1.54, 1.807) is 11.8 Å². The summed E-state index contributed by atoms with van der Waals surface area (Å²) in [5.74, 6) is 0.598. The molecule has 2 atom stereocenters. The van der Waals surface area contributed by atoms with Gasteiger partial charge in [-0.15, -0.1) is 0 Å². The minimum absolute atomic E-state index is 0.110. The highest BCUT2D eigenvalue weighted by Crippen LogP contribution is 2.33. The summed E-state index contributed by atoms with van der Waals surface area (Å²) in [6.07, 6.45) is 1.30. The van der Waals surface area contributed by atoms with E-state index in [0.29, 0.717) is 58.5 Å². The van der Waals surface area contributed by atoms with E-state index in [-0.39, 0.29) is 12.1 Å². The Kier molecular flexibility index (Phi) is 6.20. The Morgan fingerprint density at radius 3 is 2.83 bits per heavy atom. The molecule has 2 N–H and O–H groups in total. The zero-order valence-corrected chi connectivity index (χ0v) is 20.7. The van der Waals surface area contributed by atoms with Gasteiger partial charge in [0.2, 0.25) is 5.95 Å². The van der Waals surface area contributed by atoms with Crippen LogP contribution in [0.5, 0.6) is 0 Å². The van der Waals surface area contributed by atoms with Gasteiger partial charge in [-0.25, -0.2) is 19.3 Å². The first-order valence-electron chi connectivity index (χ1n) is 11.5. The lowest BCUT2D eigenvalue weighted by atomic mass is 10.0. The van der Waals surface area contributed by atoms with Crippen LogP contribution in [-0.4, -0.2) is 47.6 Å². The number of imidazole rings is 1. The molecule has 9 nitrogen and oxygen atoms in total. The number of halogens is 2. The van der Waals surface area contributed by atoms with Gasteiger partial charge in [-0.2, -0.15) is 5.10 Å². The molecule has 0 spiro atoms. The number of aryl methyl sites for hydroxylation is 2. The van der Waals surface area contributed by atoms with Gasteiger partial charge < -0.3 is 19.7 Å². The van der Waals surface area contributed by atoms with Crippen molar-refractivity contribution in [2.24, 2.45) is 0 Å². The van der Waals surface area contributed by atoms with E-state index in [4.69, 9.17) is 16.3 Å². The second-order valence-electron chi connectivity index (χ2n) is 9.04. The van der Waals surface area contributed by atoms with Gasteiger partial charge in [0, 0.05) is 25.3 Å².